The van der Waals surface area contributed by atoms with Gasteiger partial charge < -0.3 is 5.32 Å². The molecule has 2 rings (SSSR count). The Hall–Kier alpha value is -0.580. The van der Waals surface area contributed by atoms with Crippen molar-refractivity contribution in [1.29, 1.82) is 0 Å². The predicted molar refractivity (Wildman–Crippen MR) is 80.3 cm³/mol. The standard InChI is InChI=1S/C12H15Cl2N3S/c1-3-8-4-9-10(15-7-16-11(9)18-8)17-12(2,5-13)6-14/h4,7H,3,5-6H2,1-2H3,(H,15,16,17). The third-order valence-corrected chi connectivity index (χ3v) is 5.11. The van der Waals surface area contributed by atoms with Crippen molar-refractivity contribution in [1.82, 2.24) is 9.97 Å². The average molecular weight is 304 g/mol. The molecule has 2 aromatic heterocycles. The smallest absolute Gasteiger partial charge is 0.138 e. The Morgan fingerprint density at radius 2 is 2.06 bits per heavy atom. The van der Waals surface area contributed by atoms with E-state index in [0.29, 0.717) is 11.8 Å². The summed E-state index contributed by atoms with van der Waals surface area (Å²) in [6.45, 7) is 4.11. The van der Waals surface area contributed by atoms with Crippen LogP contribution in [0.1, 0.15) is 18.7 Å². The van der Waals surface area contributed by atoms with Crippen LogP contribution in [-0.4, -0.2) is 27.3 Å². The molecular formula is C12H15Cl2N3S. The number of nitrogens with one attached hydrogen (secondary N) is 1. The number of nitrogens with zero attached hydrogens (tertiary/aromatic N) is 2. The fourth-order valence-electron chi connectivity index (χ4n) is 1.57. The lowest BCUT2D eigenvalue weighted by Crippen LogP contribution is -2.39. The number of thiophene rings is 1. The molecule has 0 atom stereocenters. The molecule has 0 aliphatic carbocycles. The second-order valence-corrected chi connectivity index (χ2v) is 6.11. The molecule has 0 aromatic carbocycles. The van der Waals surface area contributed by atoms with Crippen LogP contribution in [0, 0.1) is 0 Å². The topological polar surface area (TPSA) is 37.8 Å². The van der Waals surface area contributed by atoms with Crippen LogP contribution >= 0.6 is 34.5 Å². The minimum atomic E-state index is -0.362. The van der Waals surface area contributed by atoms with Crippen LogP contribution in [0.2, 0.25) is 0 Å². The molecule has 18 heavy (non-hydrogen) atoms. The normalized spacial score (nSPS) is 12.0. The lowest BCUT2D eigenvalue weighted by atomic mass is 10.1. The highest BCUT2D eigenvalue weighted by molar-refractivity contribution is 7.18. The summed E-state index contributed by atoms with van der Waals surface area (Å²) in [5, 5.41) is 4.37. The van der Waals surface area contributed by atoms with E-state index in [-0.39, 0.29) is 5.54 Å². The van der Waals surface area contributed by atoms with Crippen LogP contribution in [0.25, 0.3) is 10.2 Å². The summed E-state index contributed by atoms with van der Waals surface area (Å²) in [5.74, 6) is 1.65. The van der Waals surface area contributed by atoms with Gasteiger partial charge in [-0.25, -0.2) is 9.97 Å². The average Bonchev–Trinajstić information content (AvgIpc) is 2.83. The van der Waals surface area contributed by atoms with Gasteiger partial charge in [0.25, 0.3) is 0 Å². The molecule has 98 valence electrons. The second-order valence-electron chi connectivity index (χ2n) is 4.46. The number of anilines is 1. The summed E-state index contributed by atoms with van der Waals surface area (Å²) in [7, 11) is 0. The van der Waals surface area contributed by atoms with Crippen LogP contribution in [0.3, 0.4) is 0 Å². The Labute approximate surface area is 121 Å². The zero-order chi connectivity index (χ0) is 13.2. The summed E-state index contributed by atoms with van der Waals surface area (Å²) >= 11 is 13.6. The van der Waals surface area contributed by atoms with Crippen LogP contribution in [-0.2, 0) is 6.42 Å². The van der Waals surface area contributed by atoms with Gasteiger partial charge in [-0.05, 0) is 19.4 Å². The second kappa shape index (κ2) is 5.59. The van der Waals surface area contributed by atoms with Gasteiger partial charge >= 0.3 is 0 Å². The molecule has 2 heterocycles. The van der Waals surface area contributed by atoms with Crippen molar-refractivity contribution in [2.45, 2.75) is 25.8 Å². The Morgan fingerprint density at radius 3 is 2.67 bits per heavy atom. The van der Waals surface area contributed by atoms with Gasteiger partial charge in [0, 0.05) is 16.6 Å². The van der Waals surface area contributed by atoms with Crippen molar-refractivity contribution in [3.8, 4) is 0 Å². The van der Waals surface area contributed by atoms with Crippen LogP contribution < -0.4 is 5.32 Å². The number of alkyl halides is 2. The molecule has 0 saturated heterocycles. The lowest BCUT2D eigenvalue weighted by molar-refractivity contribution is 0.646. The molecule has 0 aliphatic rings. The van der Waals surface area contributed by atoms with E-state index in [9.17, 15) is 0 Å². The monoisotopic (exact) mass is 303 g/mol. The van der Waals surface area contributed by atoms with E-state index < -0.39 is 0 Å². The predicted octanol–water partition coefficient (Wildman–Crippen LogP) is 3.90. The number of fused-ring (bicyclic) bond motifs is 1. The van der Waals surface area contributed by atoms with E-state index in [1.54, 1.807) is 17.7 Å². The Morgan fingerprint density at radius 1 is 1.33 bits per heavy atom. The SMILES string of the molecule is CCc1cc2c(NC(C)(CCl)CCl)ncnc2s1. The minimum Gasteiger partial charge on any atom is -0.362 e. The van der Waals surface area contributed by atoms with E-state index in [0.717, 1.165) is 22.5 Å². The summed E-state index contributed by atoms with van der Waals surface area (Å²) in [5.41, 5.74) is -0.362. The third-order valence-electron chi connectivity index (χ3n) is 2.74. The molecule has 3 nitrogen and oxygen atoms in total. The van der Waals surface area contributed by atoms with Crippen molar-refractivity contribution in [2.75, 3.05) is 17.1 Å². The van der Waals surface area contributed by atoms with Gasteiger partial charge in [0.05, 0.1) is 10.9 Å². The van der Waals surface area contributed by atoms with E-state index >= 15 is 0 Å². The van der Waals surface area contributed by atoms with Gasteiger partial charge in [-0.15, -0.1) is 34.5 Å². The first-order valence-electron chi connectivity index (χ1n) is 5.75. The Kier molecular flexibility index (Phi) is 4.30. The molecule has 0 aliphatic heterocycles. The van der Waals surface area contributed by atoms with Gasteiger partial charge in [0.1, 0.15) is 17.0 Å². The third kappa shape index (κ3) is 2.71. The van der Waals surface area contributed by atoms with Gasteiger partial charge in [-0.1, -0.05) is 6.92 Å². The summed E-state index contributed by atoms with van der Waals surface area (Å²) < 4.78 is 0. The molecule has 6 heteroatoms. The fourth-order valence-corrected chi connectivity index (χ4v) is 2.92. The number of aryl methyl sites for hydroxylation is 1. The van der Waals surface area contributed by atoms with Crippen molar-refractivity contribution >= 4 is 50.6 Å². The molecule has 0 amide bonds. The highest BCUT2D eigenvalue weighted by Gasteiger charge is 2.23. The zero-order valence-corrected chi connectivity index (χ0v) is 12.7. The van der Waals surface area contributed by atoms with Crippen molar-refractivity contribution < 1.29 is 0 Å². The number of rotatable bonds is 5. The fraction of sp³-hybridized carbons (Fsp3) is 0.500. The largest absolute Gasteiger partial charge is 0.362 e. The maximum Gasteiger partial charge on any atom is 0.138 e. The Bertz CT molecular complexity index is 537. The van der Waals surface area contributed by atoms with Crippen LogP contribution in [0.5, 0.6) is 0 Å². The number of aromatic nitrogens is 2. The highest BCUT2D eigenvalue weighted by Crippen LogP contribution is 2.30. The summed E-state index contributed by atoms with van der Waals surface area (Å²) in [4.78, 5) is 10.9. The number of halogens is 2. The van der Waals surface area contributed by atoms with Gasteiger partial charge in [-0.2, -0.15) is 0 Å². The minimum absolute atomic E-state index is 0.362. The van der Waals surface area contributed by atoms with Crippen LogP contribution in [0.4, 0.5) is 5.82 Å². The highest BCUT2D eigenvalue weighted by atomic mass is 35.5. The molecule has 0 fully saturated rings. The number of hydrogen-bond acceptors (Lipinski definition) is 4. The lowest BCUT2D eigenvalue weighted by Gasteiger charge is -2.26. The quantitative estimate of drug-likeness (QED) is 0.851. The molecule has 2 aromatic rings. The van der Waals surface area contributed by atoms with E-state index in [1.165, 1.54) is 4.88 Å². The van der Waals surface area contributed by atoms with E-state index in [4.69, 9.17) is 23.2 Å². The maximum absolute atomic E-state index is 5.95. The molecule has 1 N–H and O–H groups in total. The first-order chi connectivity index (χ1) is 8.61. The molecule has 0 bridgehead atoms. The van der Waals surface area contributed by atoms with Crippen molar-refractivity contribution in [2.24, 2.45) is 0 Å². The van der Waals surface area contributed by atoms with Gasteiger partial charge in [0.15, 0.2) is 0 Å². The van der Waals surface area contributed by atoms with Crippen LogP contribution in [0.15, 0.2) is 12.4 Å². The van der Waals surface area contributed by atoms with Gasteiger partial charge in [-0.3, -0.25) is 0 Å². The first kappa shape index (κ1) is 13.8. The zero-order valence-electron chi connectivity index (χ0n) is 10.3. The summed E-state index contributed by atoms with van der Waals surface area (Å²) in [6.07, 6.45) is 2.58. The summed E-state index contributed by atoms with van der Waals surface area (Å²) in [6, 6.07) is 2.13. The number of hydrogen-bond donors (Lipinski definition) is 1. The molecular weight excluding hydrogens is 289 g/mol. The maximum atomic E-state index is 5.95. The molecule has 0 radical (unpaired) electrons. The molecule has 0 saturated carbocycles. The van der Waals surface area contributed by atoms with E-state index in [1.807, 2.05) is 6.92 Å². The molecule has 0 unspecified atom stereocenters. The van der Waals surface area contributed by atoms with Crippen molar-refractivity contribution in [3.05, 3.63) is 17.3 Å². The van der Waals surface area contributed by atoms with Gasteiger partial charge in [0.2, 0.25) is 0 Å². The molecule has 0 spiro atoms. The Balaban J connectivity index is 2.41. The van der Waals surface area contributed by atoms with Crippen molar-refractivity contribution in [3.63, 3.8) is 0 Å². The first-order valence-corrected chi connectivity index (χ1v) is 7.64. The van der Waals surface area contributed by atoms with E-state index in [2.05, 4.69) is 28.3 Å².